The van der Waals surface area contributed by atoms with Crippen LogP contribution in [0.3, 0.4) is 0 Å². The smallest absolute Gasteiger partial charge is 0.258 e. The number of benzene rings is 3. The second-order valence-corrected chi connectivity index (χ2v) is 9.73. The van der Waals surface area contributed by atoms with Gasteiger partial charge in [0.1, 0.15) is 0 Å². The molecule has 1 heterocycles. The Bertz CT molecular complexity index is 1400. The minimum Gasteiger partial charge on any atom is -0.354 e. The third kappa shape index (κ3) is 6.22. The summed E-state index contributed by atoms with van der Waals surface area (Å²) in [6.45, 7) is 4.32. The zero-order chi connectivity index (χ0) is 27.4. The normalized spacial score (nSPS) is 13.6. The highest BCUT2D eigenvalue weighted by Gasteiger charge is 2.28. The van der Waals surface area contributed by atoms with E-state index in [1.165, 1.54) is 6.92 Å². The van der Waals surface area contributed by atoms with Crippen molar-refractivity contribution in [3.05, 3.63) is 82.9 Å². The van der Waals surface area contributed by atoms with E-state index in [1.54, 1.807) is 36.1 Å². The van der Waals surface area contributed by atoms with Crippen molar-refractivity contribution in [1.82, 2.24) is 4.90 Å². The molecule has 8 nitrogen and oxygen atoms in total. The Morgan fingerprint density at radius 2 is 1.50 bits per heavy atom. The van der Waals surface area contributed by atoms with Crippen molar-refractivity contribution in [2.45, 2.75) is 13.8 Å². The van der Waals surface area contributed by atoms with Gasteiger partial charge in [-0.25, -0.2) is 0 Å². The molecule has 0 fully saturated rings. The topological polar surface area (TPSA) is 93.8 Å². The number of likely N-dealkylation sites (N-methyl/N-ethyl adjacent to an activating group) is 1. The van der Waals surface area contributed by atoms with Crippen LogP contribution in [0.2, 0.25) is 5.02 Å². The summed E-state index contributed by atoms with van der Waals surface area (Å²) < 4.78 is 0. The Labute approximate surface area is 227 Å². The molecule has 1 aliphatic heterocycles. The van der Waals surface area contributed by atoms with Crippen LogP contribution in [-0.4, -0.2) is 49.8 Å². The predicted molar refractivity (Wildman–Crippen MR) is 154 cm³/mol. The van der Waals surface area contributed by atoms with E-state index in [4.69, 9.17) is 11.6 Å². The summed E-state index contributed by atoms with van der Waals surface area (Å²) in [6, 6.07) is 20.1. The number of rotatable bonds is 8. The number of amides is 3. The lowest BCUT2D eigenvalue weighted by molar-refractivity contribution is -0.116. The molecule has 38 heavy (non-hydrogen) atoms. The molecule has 3 N–H and O–H groups in total. The van der Waals surface area contributed by atoms with E-state index < -0.39 is 0 Å². The molecule has 0 saturated carbocycles. The van der Waals surface area contributed by atoms with Gasteiger partial charge in [0.2, 0.25) is 11.8 Å². The first kappa shape index (κ1) is 26.9. The fourth-order valence-corrected chi connectivity index (χ4v) is 4.41. The zero-order valence-electron chi connectivity index (χ0n) is 21.8. The molecule has 0 bridgehead atoms. The average molecular weight is 532 g/mol. The number of halogens is 1. The summed E-state index contributed by atoms with van der Waals surface area (Å²) in [4.78, 5) is 40.6. The maximum absolute atomic E-state index is 13.1. The van der Waals surface area contributed by atoms with Crippen molar-refractivity contribution >= 4 is 63.3 Å². The molecule has 1 aliphatic rings. The maximum Gasteiger partial charge on any atom is 0.258 e. The Hall–Kier alpha value is -4.14. The first-order valence-electron chi connectivity index (χ1n) is 12.2. The quantitative estimate of drug-likeness (QED) is 0.350. The van der Waals surface area contributed by atoms with E-state index >= 15 is 0 Å². The third-order valence-corrected chi connectivity index (χ3v) is 6.30. The van der Waals surface area contributed by atoms with Gasteiger partial charge in [0, 0.05) is 54.6 Å². The number of carbonyl (C=O) groups is 3. The summed E-state index contributed by atoms with van der Waals surface area (Å²) in [5, 5.41) is 9.60. The molecule has 0 atom stereocenters. The molecule has 0 saturated heterocycles. The Morgan fingerprint density at radius 3 is 2.11 bits per heavy atom. The van der Waals surface area contributed by atoms with Crippen LogP contribution in [0.4, 0.5) is 22.7 Å². The van der Waals surface area contributed by atoms with Crippen molar-refractivity contribution in [3.63, 3.8) is 0 Å². The summed E-state index contributed by atoms with van der Waals surface area (Å²) in [7, 11) is 3.93. The van der Waals surface area contributed by atoms with Gasteiger partial charge in [-0.05, 0) is 68.2 Å². The number of hydrogen-bond donors (Lipinski definition) is 3. The second kappa shape index (κ2) is 11.5. The van der Waals surface area contributed by atoms with Gasteiger partial charge in [-0.3, -0.25) is 14.4 Å². The molecular formula is C29H30ClN5O3. The third-order valence-electron chi connectivity index (χ3n) is 6.07. The van der Waals surface area contributed by atoms with Crippen molar-refractivity contribution in [2.24, 2.45) is 0 Å². The molecule has 196 valence electrons. The number of anilines is 4. The lowest BCUT2D eigenvalue weighted by Crippen LogP contribution is -2.35. The van der Waals surface area contributed by atoms with Crippen LogP contribution in [0.15, 0.2) is 66.7 Å². The van der Waals surface area contributed by atoms with Crippen molar-refractivity contribution in [2.75, 3.05) is 48.0 Å². The minimum absolute atomic E-state index is 0.0347. The fraction of sp³-hybridized carbons (Fsp3) is 0.207. The predicted octanol–water partition coefficient (Wildman–Crippen LogP) is 5.15. The summed E-state index contributed by atoms with van der Waals surface area (Å²) in [5.41, 5.74) is 5.39. The molecule has 0 unspecified atom stereocenters. The summed E-state index contributed by atoms with van der Waals surface area (Å²) in [5.74, 6) is -0.452. The molecule has 0 spiro atoms. The monoisotopic (exact) mass is 531 g/mol. The van der Waals surface area contributed by atoms with Crippen molar-refractivity contribution < 1.29 is 14.4 Å². The number of nitrogens with zero attached hydrogens (tertiary/aromatic N) is 2. The molecule has 3 aromatic carbocycles. The average Bonchev–Trinajstić information content (AvgIpc) is 3.17. The SMILES string of the molecule is CC(=O)Nc1ccc(/C(Nc2ccc(N(CCN(C)C)C(C)=O)cc2)=C2/C(=O)Nc3cc(Cl)ccc32)cc1. The van der Waals surface area contributed by atoms with Crippen LogP contribution in [0, 0.1) is 0 Å². The van der Waals surface area contributed by atoms with E-state index in [2.05, 4.69) is 16.0 Å². The van der Waals surface area contributed by atoms with E-state index in [0.29, 0.717) is 34.2 Å². The lowest BCUT2D eigenvalue weighted by Gasteiger charge is -2.23. The second-order valence-electron chi connectivity index (χ2n) is 9.30. The van der Waals surface area contributed by atoms with Crippen LogP contribution < -0.4 is 20.9 Å². The lowest BCUT2D eigenvalue weighted by atomic mass is 9.99. The van der Waals surface area contributed by atoms with E-state index in [1.807, 2.05) is 61.5 Å². The van der Waals surface area contributed by atoms with Gasteiger partial charge in [-0.2, -0.15) is 0 Å². The minimum atomic E-state index is -0.251. The number of carbonyl (C=O) groups excluding carboxylic acids is 3. The van der Waals surface area contributed by atoms with Gasteiger partial charge in [-0.15, -0.1) is 0 Å². The molecule has 9 heteroatoms. The molecule has 0 aliphatic carbocycles. The van der Waals surface area contributed by atoms with Gasteiger partial charge in [-0.1, -0.05) is 29.8 Å². The molecule has 3 amide bonds. The molecule has 4 rings (SSSR count). The maximum atomic E-state index is 13.1. The summed E-state index contributed by atoms with van der Waals surface area (Å²) in [6.07, 6.45) is 0. The van der Waals surface area contributed by atoms with Gasteiger partial charge in [0.25, 0.3) is 5.91 Å². The van der Waals surface area contributed by atoms with Gasteiger partial charge < -0.3 is 25.8 Å². The van der Waals surface area contributed by atoms with Gasteiger partial charge >= 0.3 is 0 Å². The zero-order valence-corrected chi connectivity index (χ0v) is 22.5. The fourth-order valence-electron chi connectivity index (χ4n) is 4.23. The van der Waals surface area contributed by atoms with Crippen LogP contribution in [0.1, 0.15) is 25.0 Å². The largest absolute Gasteiger partial charge is 0.354 e. The van der Waals surface area contributed by atoms with Gasteiger partial charge in [0.05, 0.1) is 17.0 Å². The van der Waals surface area contributed by atoms with Gasteiger partial charge in [0.15, 0.2) is 0 Å². The van der Waals surface area contributed by atoms with E-state index in [-0.39, 0.29) is 17.7 Å². The highest BCUT2D eigenvalue weighted by Crippen LogP contribution is 2.39. The van der Waals surface area contributed by atoms with Crippen molar-refractivity contribution in [3.8, 4) is 0 Å². The highest BCUT2D eigenvalue weighted by molar-refractivity contribution is 6.38. The number of hydrogen-bond acceptors (Lipinski definition) is 5. The van der Waals surface area contributed by atoms with E-state index in [9.17, 15) is 14.4 Å². The number of nitrogens with one attached hydrogen (secondary N) is 3. The first-order valence-corrected chi connectivity index (χ1v) is 12.5. The Morgan fingerprint density at radius 1 is 0.868 bits per heavy atom. The molecular weight excluding hydrogens is 502 g/mol. The molecule has 3 aromatic rings. The molecule has 0 radical (unpaired) electrons. The molecule has 0 aromatic heterocycles. The van der Waals surface area contributed by atoms with E-state index in [0.717, 1.165) is 29.0 Å². The Kier molecular flexibility index (Phi) is 8.14. The highest BCUT2D eigenvalue weighted by atomic mass is 35.5. The standard InChI is InChI=1S/C29H30ClN5O3/c1-18(36)31-22-8-5-20(6-9-22)28(27-25-14-7-21(30)17-26(25)33-29(27)38)32-23-10-12-24(13-11-23)35(19(2)37)16-15-34(3)4/h5-14,17,32H,15-16H2,1-4H3,(H,31,36)(H,33,38)/b28-27-. The number of fused-ring (bicyclic) bond motifs is 1. The van der Waals surface area contributed by atoms with Crippen molar-refractivity contribution in [1.29, 1.82) is 0 Å². The van der Waals surface area contributed by atoms with Crippen LogP contribution in [0.25, 0.3) is 11.3 Å². The summed E-state index contributed by atoms with van der Waals surface area (Å²) >= 11 is 6.16. The van der Waals surface area contributed by atoms with Crippen LogP contribution in [0.5, 0.6) is 0 Å². The Balaban J connectivity index is 1.72. The van der Waals surface area contributed by atoms with Crippen LogP contribution in [-0.2, 0) is 14.4 Å². The first-order chi connectivity index (χ1) is 18.1. The van der Waals surface area contributed by atoms with Crippen LogP contribution >= 0.6 is 11.6 Å².